The SMILES string of the molecule is COc1cc(N2CCC(NC(=O)c3cc(C)cc(C)c3)C(c3cnn(C)c3)C2)ncn1. The van der Waals surface area contributed by atoms with Crippen LogP contribution < -0.4 is 15.0 Å². The summed E-state index contributed by atoms with van der Waals surface area (Å²) in [6.07, 6.45) is 6.21. The number of anilines is 1. The third kappa shape index (κ3) is 4.68. The van der Waals surface area contributed by atoms with Crippen LogP contribution in [0.4, 0.5) is 5.82 Å². The summed E-state index contributed by atoms with van der Waals surface area (Å²) in [5.41, 5.74) is 3.97. The van der Waals surface area contributed by atoms with E-state index in [0.29, 0.717) is 18.0 Å². The number of aryl methyl sites for hydroxylation is 3. The largest absolute Gasteiger partial charge is 0.481 e. The predicted molar refractivity (Wildman–Crippen MR) is 119 cm³/mol. The highest BCUT2D eigenvalue weighted by molar-refractivity contribution is 5.94. The smallest absolute Gasteiger partial charge is 0.251 e. The first-order chi connectivity index (χ1) is 14.9. The molecule has 0 saturated carbocycles. The normalized spacial score (nSPS) is 18.6. The lowest BCUT2D eigenvalue weighted by molar-refractivity contribution is 0.0925. The standard InChI is InChI=1S/C23H28N6O2/c1-15-7-16(2)9-17(8-15)23(30)27-20-5-6-29(21-10-22(31-4)25-14-24-21)13-19(20)18-11-26-28(3)12-18/h7-12,14,19-20H,5-6,13H2,1-4H3,(H,27,30). The first kappa shape index (κ1) is 20.8. The first-order valence-corrected chi connectivity index (χ1v) is 10.4. The van der Waals surface area contributed by atoms with Crippen LogP contribution in [0.25, 0.3) is 0 Å². The van der Waals surface area contributed by atoms with Gasteiger partial charge in [0.1, 0.15) is 12.1 Å². The van der Waals surface area contributed by atoms with Gasteiger partial charge in [-0.25, -0.2) is 9.97 Å². The van der Waals surface area contributed by atoms with Gasteiger partial charge in [-0.3, -0.25) is 9.48 Å². The lowest BCUT2D eigenvalue weighted by Gasteiger charge is -2.39. The van der Waals surface area contributed by atoms with E-state index in [9.17, 15) is 4.79 Å². The summed E-state index contributed by atoms with van der Waals surface area (Å²) >= 11 is 0. The highest BCUT2D eigenvalue weighted by Crippen LogP contribution is 2.30. The fourth-order valence-electron chi connectivity index (χ4n) is 4.27. The average Bonchev–Trinajstić information content (AvgIpc) is 3.19. The number of carbonyl (C=O) groups excluding carboxylic acids is 1. The number of aromatic nitrogens is 4. The van der Waals surface area contributed by atoms with Crippen molar-refractivity contribution in [2.75, 3.05) is 25.1 Å². The van der Waals surface area contributed by atoms with Crippen molar-refractivity contribution in [1.29, 1.82) is 0 Å². The minimum absolute atomic E-state index is 0.00231. The van der Waals surface area contributed by atoms with Crippen LogP contribution in [0.5, 0.6) is 5.88 Å². The van der Waals surface area contributed by atoms with Crippen molar-refractivity contribution in [3.8, 4) is 5.88 Å². The van der Waals surface area contributed by atoms with Crippen LogP contribution in [-0.4, -0.2) is 51.9 Å². The minimum atomic E-state index is -0.0390. The van der Waals surface area contributed by atoms with Crippen LogP contribution in [0.1, 0.15) is 39.4 Å². The molecule has 8 heteroatoms. The fraction of sp³-hybridized carbons (Fsp3) is 0.391. The van der Waals surface area contributed by atoms with Gasteiger partial charge in [-0.2, -0.15) is 5.10 Å². The molecule has 3 heterocycles. The molecule has 31 heavy (non-hydrogen) atoms. The Kier molecular flexibility index (Phi) is 5.88. The first-order valence-electron chi connectivity index (χ1n) is 10.4. The molecule has 1 fully saturated rings. The second kappa shape index (κ2) is 8.75. The summed E-state index contributed by atoms with van der Waals surface area (Å²) in [5.74, 6) is 1.40. The molecule has 2 atom stereocenters. The number of ether oxygens (including phenoxy) is 1. The predicted octanol–water partition coefficient (Wildman–Crippen LogP) is 2.63. The Morgan fingerprint density at radius 3 is 2.61 bits per heavy atom. The van der Waals surface area contributed by atoms with E-state index in [1.807, 2.05) is 51.5 Å². The van der Waals surface area contributed by atoms with E-state index in [4.69, 9.17) is 4.74 Å². The zero-order valence-corrected chi connectivity index (χ0v) is 18.4. The van der Waals surface area contributed by atoms with Gasteiger partial charge in [0.05, 0.1) is 13.3 Å². The molecular weight excluding hydrogens is 392 g/mol. The average molecular weight is 421 g/mol. The van der Waals surface area contributed by atoms with E-state index in [0.717, 1.165) is 35.5 Å². The van der Waals surface area contributed by atoms with Crippen LogP contribution >= 0.6 is 0 Å². The van der Waals surface area contributed by atoms with Crippen molar-refractivity contribution in [2.45, 2.75) is 32.2 Å². The monoisotopic (exact) mass is 420 g/mol. The van der Waals surface area contributed by atoms with Gasteiger partial charge in [0.2, 0.25) is 5.88 Å². The highest BCUT2D eigenvalue weighted by Gasteiger charge is 2.33. The van der Waals surface area contributed by atoms with Crippen molar-refractivity contribution in [1.82, 2.24) is 25.1 Å². The summed E-state index contributed by atoms with van der Waals surface area (Å²) in [6.45, 7) is 5.51. The maximum absolute atomic E-state index is 13.1. The van der Waals surface area contributed by atoms with Gasteiger partial charge in [0, 0.05) is 49.9 Å². The molecule has 8 nitrogen and oxygen atoms in total. The third-order valence-corrected chi connectivity index (χ3v) is 5.73. The molecule has 0 spiro atoms. The van der Waals surface area contributed by atoms with E-state index >= 15 is 0 Å². The van der Waals surface area contributed by atoms with Gasteiger partial charge in [-0.1, -0.05) is 17.2 Å². The Morgan fingerprint density at radius 1 is 1.16 bits per heavy atom. The molecule has 1 aliphatic heterocycles. The molecule has 1 saturated heterocycles. The van der Waals surface area contributed by atoms with E-state index in [1.165, 1.54) is 6.33 Å². The van der Waals surface area contributed by atoms with E-state index in [2.05, 4.69) is 31.3 Å². The number of piperidine rings is 1. The minimum Gasteiger partial charge on any atom is -0.481 e. The molecule has 1 aromatic carbocycles. The van der Waals surface area contributed by atoms with Gasteiger partial charge in [0.15, 0.2) is 0 Å². The number of hydrogen-bond acceptors (Lipinski definition) is 6. The molecule has 2 aromatic heterocycles. The van der Waals surface area contributed by atoms with Crippen molar-refractivity contribution in [3.05, 3.63) is 65.2 Å². The third-order valence-electron chi connectivity index (χ3n) is 5.73. The van der Waals surface area contributed by atoms with Gasteiger partial charge >= 0.3 is 0 Å². The van der Waals surface area contributed by atoms with Crippen LogP contribution in [0.3, 0.4) is 0 Å². The molecule has 4 rings (SSSR count). The second-order valence-electron chi connectivity index (χ2n) is 8.16. The molecule has 0 bridgehead atoms. The topological polar surface area (TPSA) is 85.2 Å². The summed E-state index contributed by atoms with van der Waals surface area (Å²) in [4.78, 5) is 23.8. The summed E-state index contributed by atoms with van der Waals surface area (Å²) in [7, 11) is 3.50. The lowest BCUT2D eigenvalue weighted by atomic mass is 9.87. The van der Waals surface area contributed by atoms with Crippen molar-refractivity contribution in [2.24, 2.45) is 7.05 Å². The summed E-state index contributed by atoms with van der Waals surface area (Å²) in [6, 6.07) is 7.78. The Morgan fingerprint density at radius 2 is 1.94 bits per heavy atom. The van der Waals surface area contributed by atoms with Crippen LogP contribution in [0.2, 0.25) is 0 Å². The summed E-state index contributed by atoms with van der Waals surface area (Å²) in [5, 5.41) is 7.63. The number of benzene rings is 1. The highest BCUT2D eigenvalue weighted by atomic mass is 16.5. The number of nitrogens with zero attached hydrogens (tertiary/aromatic N) is 5. The maximum Gasteiger partial charge on any atom is 0.251 e. The van der Waals surface area contributed by atoms with Crippen LogP contribution in [-0.2, 0) is 7.05 Å². The van der Waals surface area contributed by atoms with Crippen molar-refractivity contribution < 1.29 is 9.53 Å². The maximum atomic E-state index is 13.1. The Bertz CT molecular complexity index is 1060. The van der Waals surface area contributed by atoms with Gasteiger partial charge < -0.3 is 15.0 Å². The molecule has 3 aromatic rings. The lowest BCUT2D eigenvalue weighted by Crippen LogP contribution is -2.50. The van der Waals surface area contributed by atoms with Gasteiger partial charge in [0.25, 0.3) is 5.91 Å². The fourth-order valence-corrected chi connectivity index (χ4v) is 4.27. The Labute approximate surface area is 182 Å². The van der Waals surface area contributed by atoms with E-state index in [1.54, 1.807) is 11.8 Å². The molecule has 1 N–H and O–H groups in total. The molecule has 0 radical (unpaired) electrons. The zero-order chi connectivity index (χ0) is 22.0. The number of nitrogens with one attached hydrogen (secondary N) is 1. The number of hydrogen-bond donors (Lipinski definition) is 1. The molecule has 2 unspecified atom stereocenters. The summed E-state index contributed by atoms with van der Waals surface area (Å²) < 4.78 is 7.05. The van der Waals surface area contributed by atoms with E-state index < -0.39 is 0 Å². The number of rotatable bonds is 5. The van der Waals surface area contributed by atoms with Crippen molar-refractivity contribution >= 4 is 11.7 Å². The van der Waals surface area contributed by atoms with Crippen LogP contribution in [0, 0.1) is 13.8 Å². The molecule has 1 amide bonds. The number of carbonyl (C=O) groups is 1. The van der Waals surface area contributed by atoms with Crippen LogP contribution in [0.15, 0.2) is 43.0 Å². The van der Waals surface area contributed by atoms with Gasteiger partial charge in [-0.05, 0) is 38.0 Å². The zero-order valence-electron chi connectivity index (χ0n) is 18.4. The Hall–Kier alpha value is -3.42. The van der Waals surface area contributed by atoms with Gasteiger partial charge in [-0.15, -0.1) is 0 Å². The number of amides is 1. The quantitative estimate of drug-likeness (QED) is 0.683. The number of methoxy groups -OCH3 is 1. The Balaban J connectivity index is 1.57. The molecular formula is C23H28N6O2. The molecule has 162 valence electrons. The second-order valence-corrected chi connectivity index (χ2v) is 8.16. The van der Waals surface area contributed by atoms with Crippen molar-refractivity contribution in [3.63, 3.8) is 0 Å². The molecule has 1 aliphatic rings. The van der Waals surface area contributed by atoms with E-state index in [-0.39, 0.29) is 17.9 Å². The molecule has 0 aliphatic carbocycles.